The highest BCUT2D eigenvalue weighted by molar-refractivity contribution is 5.74. The van der Waals surface area contributed by atoms with Gasteiger partial charge in [-0.05, 0) is 38.4 Å². The summed E-state index contributed by atoms with van der Waals surface area (Å²) in [7, 11) is 5.65. The third-order valence-corrected chi connectivity index (χ3v) is 4.23. The first-order chi connectivity index (χ1) is 12.1. The molecule has 25 heavy (non-hydrogen) atoms. The fourth-order valence-corrected chi connectivity index (χ4v) is 2.64. The number of methoxy groups -OCH3 is 1. The molecule has 1 saturated heterocycles. The summed E-state index contributed by atoms with van der Waals surface area (Å²) in [5, 5.41) is 2.96. The molecular formula is C18H30N4O3. The molecule has 0 spiro atoms. The van der Waals surface area contributed by atoms with Crippen LogP contribution in [0.5, 0.6) is 11.5 Å². The minimum atomic E-state index is 0.0379. The summed E-state index contributed by atoms with van der Waals surface area (Å²) >= 11 is 0. The van der Waals surface area contributed by atoms with Crippen molar-refractivity contribution in [1.82, 2.24) is 20.0 Å². The molecule has 1 aliphatic rings. The average molecular weight is 350 g/mol. The Balaban J connectivity index is 1.60. The quantitative estimate of drug-likeness (QED) is 0.757. The topological polar surface area (TPSA) is 57.3 Å². The molecule has 7 heteroatoms. The number of ether oxygens (including phenoxy) is 2. The van der Waals surface area contributed by atoms with E-state index in [2.05, 4.69) is 15.1 Å². The van der Waals surface area contributed by atoms with Gasteiger partial charge in [-0.3, -0.25) is 4.90 Å². The number of carbonyl (C=O) groups excluding carboxylic acids is 1. The number of piperazine rings is 1. The van der Waals surface area contributed by atoms with Crippen molar-refractivity contribution in [2.75, 3.05) is 73.6 Å². The van der Waals surface area contributed by atoms with Crippen LogP contribution in [0.3, 0.4) is 0 Å². The van der Waals surface area contributed by atoms with Gasteiger partial charge in [-0.1, -0.05) is 0 Å². The second kappa shape index (κ2) is 10.1. The van der Waals surface area contributed by atoms with Crippen LogP contribution in [0.4, 0.5) is 4.79 Å². The Morgan fingerprint density at radius 2 is 1.76 bits per heavy atom. The number of carbonyl (C=O) groups is 1. The lowest BCUT2D eigenvalue weighted by atomic mass is 10.3. The fourth-order valence-electron chi connectivity index (χ4n) is 2.64. The van der Waals surface area contributed by atoms with Gasteiger partial charge in [0.25, 0.3) is 0 Å². The number of nitrogens with one attached hydrogen (secondary N) is 1. The maximum absolute atomic E-state index is 12.1. The summed E-state index contributed by atoms with van der Waals surface area (Å²) in [6.45, 7) is 6.33. The average Bonchev–Trinajstić information content (AvgIpc) is 2.62. The van der Waals surface area contributed by atoms with Gasteiger partial charge in [0.2, 0.25) is 0 Å². The first-order valence-electron chi connectivity index (χ1n) is 8.75. The minimum absolute atomic E-state index is 0.0379. The molecule has 0 unspecified atom stereocenters. The maximum atomic E-state index is 12.1. The lowest BCUT2D eigenvalue weighted by Crippen LogP contribution is -2.52. The third kappa shape index (κ3) is 6.80. The normalized spacial score (nSPS) is 15.3. The predicted octanol–water partition coefficient (Wildman–Crippen LogP) is 0.963. The standard InChI is InChI=1S/C18H30N4O3/c1-20(2)9-8-19-18(23)22-12-10-21(11-13-22)14-15-25-17-6-4-16(24-3)5-7-17/h4-7H,8-15H2,1-3H3,(H,19,23). The van der Waals surface area contributed by atoms with E-state index in [9.17, 15) is 4.79 Å². The summed E-state index contributed by atoms with van der Waals surface area (Å²) in [5.41, 5.74) is 0. The molecule has 1 aromatic rings. The van der Waals surface area contributed by atoms with E-state index < -0.39 is 0 Å². The van der Waals surface area contributed by atoms with Crippen molar-refractivity contribution in [3.63, 3.8) is 0 Å². The highest BCUT2D eigenvalue weighted by atomic mass is 16.5. The summed E-state index contributed by atoms with van der Waals surface area (Å²) < 4.78 is 10.9. The van der Waals surface area contributed by atoms with E-state index in [4.69, 9.17) is 9.47 Å². The summed E-state index contributed by atoms with van der Waals surface area (Å²) in [5.74, 6) is 1.67. The number of likely N-dealkylation sites (N-methyl/N-ethyl adjacent to an activating group) is 1. The Bertz CT molecular complexity index is 514. The number of hydrogen-bond donors (Lipinski definition) is 1. The molecule has 0 aliphatic carbocycles. The van der Waals surface area contributed by atoms with Crippen LogP contribution in [-0.4, -0.2) is 94.4 Å². The van der Waals surface area contributed by atoms with Crippen molar-refractivity contribution in [2.24, 2.45) is 0 Å². The molecule has 0 saturated carbocycles. The molecule has 0 bridgehead atoms. The Kier molecular flexibility index (Phi) is 7.81. The van der Waals surface area contributed by atoms with Crippen LogP contribution in [0, 0.1) is 0 Å². The van der Waals surface area contributed by atoms with E-state index in [1.54, 1.807) is 7.11 Å². The molecule has 1 N–H and O–H groups in total. The predicted molar refractivity (Wildman–Crippen MR) is 98.5 cm³/mol. The van der Waals surface area contributed by atoms with Gasteiger partial charge in [-0.25, -0.2) is 4.79 Å². The summed E-state index contributed by atoms with van der Waals surface area (Å²) in [6, 6.07) is 7.64. The largest absolute Gasteiger partial charge is 0.497 e. The second-order valence-electron chi connectivity index (χ2n) is 6.39. The van der Waals surface area contributed by atoms with Crippen LogP contribution in [0.25, 0.3) is 0 Å². The van der Waals surface area contributed by atoms with E-state index in [1.165, 1.54) is 0 Å². The molecular weight excluding hydrogens is 320 g/mol. The molecule has 0 radical (unpaired) electrons. The number of urea groups is 1. The zero-order valence-electron chi connectivity index (χ0n) is 15.5. The lowest BCUT2D eigenvalue weighted by Gasteiger charge is -2.34. The molecule has 2 rings (SSSR count). The lowest BCUT2D eigenvalue weighted by molar-refractivity contribution is 0.126. The molecule has 2 amide bonds. The first-order valence-corrected chi connectivity index (χ1v) is 8.75. The van der Waals surface area contributed by atoms with Gasteiger partial charge in [-0.2, -0.15) is 0 Å². The molecule has 1 heterocycles. The Labute approximate surface area is 150 Å². The Morgan fingerprint density at radius 1 is 1.12 bits per heavy atom. The maximum Gasteiger partial charge on any atom is 0.317 e. The van der Waals surface area contributed by atoms with Gasteiger partial charge in [0.15, 0.2) is 0 Å². The van der Waals surface area contributed by atoms with E-state index in [0.29, 0.717) is 13.2 Å². The van der Waals surface area contributed by atoms with E-state index in [-0.39, 0.29) is 6.03 Å². The zero-order valence-corrected chi connectivity index (χ0v) is 15.5. The number of rotatable bonds is 8. The molecule has 1 aliphatic heterocycles. The van der Waals surface area contributed by atoms with Crippen LogP contribution < -0.4 is 14.8 Å². The summed E-state index contributed by atoms with van der Waals surface area (Å²) in [6.07, 6.45) is 0. The number of hydrogen-bond acceptors (Lipinski definition) is 5. The second-order valence-corrected chi connectivity index (χ2v) is 6.39. The van der Waals surface area contributed by atoms with Crippen molar-refractivity contribution in [1.29, 1.82) is 0 Å². The molecule has 7 nitrogen and oxygen atoms in total. The van der Waals surface area contributed by atoms with Gasteiger partial charge >= 0.3 is 6.03 Å². The van der Waals surface area contributed by atoms with Crippen molar-refractivity contribution in [3.05, 3.63) is 24.3 Å². The SMILES string of the molecule is COc1ccc(OCCN2CCN(C(=O)NCCN(C)C)CC2)cc1. The van der Waals surface area contributed by atoms with Crippen LogP contribution >= 0.6 is 0 Å². The van der Waals surface area contributed by atoms with E-state index >= 15 is 0 Å². The van der Waals surface area contributed by atoms with Gasteiger partial charge in [-0.15, -0.1) is 0 Å². The van der Waals surface area contributed by atoms with Crippen LogP contribution in [0.1, 0.15) is 0 Å². The zero-order chi connectivity index (χ0) is 18.1. The van der Waals surface area contributed by atoms with Crippen LogP contribution in [0.15, 0.2) is 24.3 Å². The van der Waals surface area contributed by atoms with Crippen LogP contribution in [0.2, 0.25) is 0 Å². The molecule has 1 fully saturated rings. The highest BCUT2D eigenvalue weighted by Crippen LogP contribution is 2.16. The van der Waals surface area contributed by atoms with Gasteiger partial charge in [0.1, 0.15) is 18.1 Å². The van der Waals surface area contributed by atoms with E-state index in [1.807, 2.05) is 43.3 Å². The first kappa shape index (κ1) is 19.3. The number of amides is 2. The monoisotopic (exact) mass is 350 g/mol. The minimum Gasteiger partial charge on any atom is -0.497 e. The Morgan fingerprint density at radius 3 is 2.36 bits per heavy atom. The van der Waals surface area contributed by atoms with Crippen molar-refractivity contribution in [3.8, 4) is 11.5 Å². The van der Waals surface area contributed by atoms with Crippen molar-refractivity contribution < 1.29 is 14.3 Å². The third-order valence-electron chi connectivity index (χ3n) is 4.23. The van der Waals surface area contributed by atoms with Gasteiger partial charge in [0, 0.05) is 45.8 Å². The molecule has 140 valence electrons. The molecule has 1 aromatic carbocycles. The van der Waals surface area contributed by atoms with Crippen molar-refractivity contribution in [2.45, 2.75) is 0 Å². The van der Waals surface area contributed by atoms with E-state index in [0.717, 1.165) is 50.8 Å². The Hall–Kier alpha value is -1.99. The molecule has 0 atom stereocenters. The van der Waals surface area contributed by atoms with Crippen LogP contribution in [-0.2, 0) is 0 Å². The summed E-state index contributed by atoms with van der Waals surface area (Å²) in [4.78, 5) is 18.3. The fraction of sp³-hybridized carbons (Fsp3) is 0.611. The number of benzene rings is 1. The molecule has 0 aromatic heterocycles. The smallest absolute Gasteiger partial charge is 0.317 e. The van der Waals surface area contributed by atoms with Gasteiger partial charge in [0.05, 0.1) is 7.11 Å². The van der Waals surface area contributed by atoms with Crippen molar-refractivity contribution >= 4 is 6.03 Å². The van der Waals surface area contributed by atoms with Gasteiger partial charge < -0.3 is 24.6 Å². The highest BCUT2D eigenvalue weighted by Gasteiger charge is 2.20. The number of nitrogens with zero attached hydrogens (tertiary/aromatic N) is 3.